The highest BCUT2D eigenvalue weighted by Gasteiger charge is 2.07. The number of aromatic nitrogens is 2. The molecule has 0 aliphatic rings. The minimum Gasteiger partial charge on any atom is -0.478 e. The Bertz CT molecular complexity index is 622. The Balaban J connectivity index is 0.000000240. The van der Waals surface area contributed by atoms with Crippen LogP contribution in [0.1, 0.15) is 10.6 Å². The molecular formula is C12H10Br2N2O4S. The molecule has 9 heteroatoms. The molecule has 3 N–H and O–H groups in total. The van der Waals surface area contributed by atoms with E-state index in [0.29, 0.717) is 12.2 Å². The SMILES string of the molecule is Brc1csc(Cc2cnc[nH]2)c1Br.O=C(O)C=CC(=O)O. The highest BCUT2D eigenvalue weighted by atomic mass is 79.9. The monoisotopic (exact) mass is 436 g/mol. The summed E-state index contributed by atoms with van der Waals surface area (Å²) in [5.41, 5.74) is 1.13. The molecule has 0 amide bonds. The first kappa shape index (κ1) is 17.6. The Morgan fingerprint density at radius 3 is 2.29 bits per heavy atom. The first-order valence-corrected chi connectivity index (χ1v) is 7.89. The number of carbonyl (C=O) groups is 2. The number of carboxylic acids is 2. The number of rotatable bonds is 4. The molecule has 6 nitrogen and oxygen atoms in total. The van der Waals surface area contributed by atoms with E-state index in [9.17, 15) is 9.59 Å². The highest BCUT2D eigenvalue weighted by molar-refractivity contribution is 9.13. The number of nitrogens with zero attached hydrogens (tertiary/aromatic N) is 1. The van der Waals surface area contributed by atoms with Gasteiger partial charge in [-0.05, 0) is 31.9 Å². The van der Waals surface area contributed by atoms with Gasteiger partial charge in [-0.1, -0.05) is 0 Å². The minimum absolute atomic E-state index is 0.558. The Morgan fingerprint density at radius 2 is 1.90 bits per heavy atom. The number of halogens is 2. The van der Waals surface area contributed by atoms with Gasteiger partial charge in [0.05, 0.1) is 6.33 Å². The summed E-state index contributed by atoms with van der Waals surface area (Å²) < 4.78 is 2.26. The first-order chi connectivity index (χ1) is 9.90. The Labute approximate surface area is 140 Å². The van der Waals surface area contributed by atoms with Crippen LogP contribution in [0.3, 0.4) is 0 Å². The lowest BCUT2D eigenvalue weighted by Crippen LogP contribution is -1.91. The zero-order valence-electron chi connectivity index (χ0n) is 10.4. The van der Waals surface area contributed by atoms with Crippen molar-refractivity contribution < 1.29 is 19.8 Å². The predicted octanol–water partition coefficient (Wildman–Crippen LogP) is 3.30. The van der Waals surface area contributed by atoms with Gasteiger partial charge in [-0.25, -0.2) is 14.6 Å². The molecule has 0 radical (unpaired) electrons. The average molecular weight is 438 g/mol. The second kappa shape index (κ2) is 8.75. The van der Waals surface area contributed by atoms with E-state index in [1.807, 2.05) is 6.20 Å². The number of thiophene rings is 1. The number of hydrogen-bond acceptors (Lipinski definition) is 4. The molecule has 0 bridgehead atoms. The van der Waals surface area contributed by atoms with Gasteiger partial charge in [0, 0.05) is 49.7 Å². The molecule has 0 saturated heterocycles. The molecule has 2 aromatic heterocycles. The van der Waals surface area contributed by atoms with Gasteiger partial charge >= 0.3 is 11.9 Å². The molecule has 0 unspecified atom stereocenters. The maximum Gasteiger partial charge on any atom is 0.328 e. The average Bonchev–Trinajstić information content (AvgIpc) is 3.03. The van der Waals surface area contributed by atoms with Crippen molar-refractivity contribution in [2.45, 2.75) is 6.42 Å². The molecule has 0 aromatic carbocycles. The molecule has 0 spiro atoms. The zero-order valence-corrected chi connectivity index (χ0v) is 14.4. The molecule has 0 aliphatic carbocycles. The van der Waals surface area contributed by atoms with E-state index in [4.69, 9.17) is 10.2 Å². The summed E-state index contributed by atoms with van der Waals surface area (Å²) in [6.45, 7) is 0. The molecule has 2 aromatic rings. The minimum atomic E-state index is -1.26. The van der Waals surface area contributed by atoms with Crippen LogP contribution in [0.5, 0.6) is 0 Å². The van der Waals surface area contributed by atoms with E-state index in [-0.39, 0.29) is 0 Å². The lowest BCUT2D eigenvalue weighted by Gasteiger charge is -1.94. The fraction of sp³-hybridized carbons (Fsp3) is 0.0833. The van der Waals surface area contributed by atoms with Crippen molar-refractivity contribution in [1.29, 1.82) is 0 Å². The molecule has 0 saturated carbocycles. The fourth-order valence-electron chi connectivity index (χ4n) is 1.18. The number of nitrogens with one attached hydrogen (secondary N) is 1. The largest absolute Gasteiger partial charge is 0.478 e. The fourth-order valence-corrected chi connectivity index (χ4v) is 3.33. The third-order valence-electron chi connectivity index (χ3n) is 2.03. The summed E-state index contributed by atoms with van der Waals surface area (Å²) in [6, 6.07) is 0. The van der Waals surface area contributed by atoms with Crippen LogP contribution < -0.4 is 0 Å². The smallest absolute Gasteiger partial charge is 0.328 e. The van der Waals surface area contributed by atoms with E-state index in [2.05, 4.69) is 47.2 Å². The third kappa shape index (κ3) is 6.69. The van der Waals surface area contributed by atoms with Gasteiger partial charge in [0.2, 0.25) is 0 Å². The predicted molar refractivity (Wildman–Crippen MR) is 85.5 cm³/mol. The van der Waals surface area contributed by atoms with E-state index >= 15 is 0 Å². The summed E-state index contributed by atoms with van der Waals surface area (Å²) >= 11 is 8.72. The van der Waals surface area contributed by atoms with E-state index in [0.717, 1.165) is 21.1 Å². The number of imidazole rings is 1. The van der Waals surface area contributed by atoms with Crippen molar-refractivity contribution in [3.05, 3.63) is 49.6 Å². The molecule has 2 rings (SSSR count). The van der Waals surface area contributed by atoms with Gasteiger partial charge in [0.1, 0.15) is 0 Å². The second-order valence-electron chi connectivity index (χ2n) is 3.58. The van der Waals surface area contributed by atoms with Gasteiger partial charge in [-0.3, -0.25) is 0 Å². The maximum absolute atomic E-state index is 9.55. The molecule has 0 aliphatic heterocycles. The second-order valence-corrected chi connectivity index (χ2v) is 6.20. The Hall–Kier alpha value is -1.45. The van der Waals surface area contributed by atoms with Crippen molar-refractivity contribution in [1.82, 2.24) is 9.97 Å². The molecule has 2 heterocycles. The van der Waals surface area contributed by atoms with Crippen molar-refractivity contribution in [3.8, 4) is 0 Å². The lowest BCUT2D eigenvalue weighted by atomic mass is 10.3. The Kier molecular flexibility index (Phi) is 7.34. The van der Waals surface area contributed by atoms with Crippen LogP contribution in [0.2, 0.25) is 0 Å². The van der Waals surface area contributed by atoms with Crippen LogP contribution in [0.15, 0.2) is 39.0 Å². The highest BCUT2D eigenvalue weighted by Crippen LogP contribution is 2.33. The van der Waals surface area contributed by atoms with E-state index in [1.165, 1.54) is 4.88 Å². The van der Waals surface area contributed by atoms with Gasteiger partial charge in [0.25, 0.3) is 0 Å². The maximum atomic E-state index is 9.55. The van der Waals surface area contributed by atoms with Gasteiger partial charge < -0.3 is 15.2 Å². The third-order valence-corrected chi connectivity index (χ3v) is 5.65. The topological polar surface area (TPSA) is 103 Å². The number of aliphatic carboxylic acids is 2. The van der Waals surface area contributed by atoms with Crippen LogP contribution in [-0.4, -0.2) is 32.1 Å². The van der Waals surface area contributed by atoms with Crippen molar-refractivity contribution in [3.63, 3.8) is 0 Å². The van der Waals surface area contributed by atoms with Crippen LogP contribution in [-0.2, 0) is 16.0 Å². The lowest BCUT2D eigenvalue weighted by molar-refractivity contribution is -0.134. The van der Waals surface area contributed by atoms with Crippen molar-refractivity contribution >= 4 is 55.1 Å². The summed E-state index contributed by atoms with van der Waals surface area (Å²) in [4.78, 5) is 27.5. The summed E-state index contributed by atoms with van der Waals surface area (Å²) in [6.07, 6.45) is 5.56. The number of H-pyrrole nitrogens is 1. The quantitative estimate of drug-likeness (QED) is 0.636. The summed E-state index contributed by atoms with van der Waals surface area (Å²) in [5, 5.41) is 17.7. The van der Waals surface area contributed by atoms with Crippen LogP contribution >= 0.6 is 43.2 Å². The van der Waals surface area contributed by atoms with Gasteiger partial charge in [-0.15, -0.1) is 11.3 Å². The first-order valence-electron chi connectivity index (χ1n) is 5.42. The normalized spacial score (nSPS) is 10.2. The van der Waals surface area contributed by atoms with Gasteiger partial charge in [0.15, 0.2) is 0 Å². The van der Waals surface area contributed by atoms with Crippen LogP contribution in [0.4, 0.5) is 0 Å². The number of carboxylic acid groups (broad SMARTS) is 2. The van der Waals surface area contributed by atoms with E-state index < -0.39 is 11.9 Å². The van der Waals surface area contributed by atoms with E-state index in [1.54, 1.807) is 17.7 Å². The molecule has 0 fully saturated rings. The molecular weight excluding hydrogens is 428 g/mol. The summed E-state index contributed by atoms with van der Waals surface area (Å²) in [7, 11) is 0. The van der Waals surface area contributed by atoms with Gasteiger partial charge in [-0.2, -0.15) is 0 Å². The van der Waals surface area contributed by atoms with Crippen LogP contribution in [0.25, 0.3) is 0 Å². The molecule has 112 valence electrons. The van der Waals surface area contributed by atoms with Crippen molar-refractivity contribution in [2.75, 3.05) is 0 Å². The number of hydrogen-bond donors (Lipinski definition) is 3. The standard InChI is InChI=1S/C8H6Br2N2S.C4H4O4/c9-6-3-13-7(8(6)10)1-5-2-11-4-12-5;5-3(6)1-2-4(7)8/h2-4H,1H2,(H,11,12);1-2H,(H,5,6)(H,7,8). The molecule has 0 atom stereocenters. The molecule has 21 heavy (non-hydrogen) atoms. The Morgan fingerprint density at radius 1 is 1.29 bits per heavy atom. The zero-order chi connectivity index (χ0) is 15.8. The van der Waals surface area contributed by atoms with Crippen molar-refractivity contribution in [2.24, 2.45) is 0 Å². The van der Waals surface area contributed by atoms with Crippen LogP contribution in [0, 0.1) is 0 Å². The summed E-state index contributed by atoms with van der Waals surface area (Å²) in [5.74, 6) is -2.51. The number of aromatic amines is 1.